The van der Waals surface area contributed by atoms with E-state index in [0.717, 1.165) is 5.56 Å². The van der Waals surface area contributed by atoms with Crippen LogP contribution in [0.25, 0.3) is 0 Å². The average molecular weight is 270 g/mol. The molecule has 0 fully saturated rings. The fraction of sp³-hybridized carbons (Fsp3) is 0.500. The number of halogens is 1. The first-order valence-electron chi connectivity index (χ1n) is 5.92. The van der Waals surface area contributed by atoms with Crippen molar-refractivity contribution in [3.05, 3.63) is 35.6 Å². The van der Waals surface area contributed by atoms with E-state index in [0.29, 0.717) is 18.8 Å². The Morgan fingerprint density at radius 1 is 1.39 bits per heavy atom. The normalized spacial score (nSPS) is 14.0. The van der Waals surface area contributed by atoms with Crippen molar-refractivity contribution in [1.29, 1.82) is 0 Å². The van der Waals surface area contributed by atoms with Crippen LogP contribution in [0.2, 0.25) is 0 Å². The van der Waals surface area contributed by atoms with Gasteiger partial charge in [-0.2, -0.15) is 11.8 Å². The molecule has 0 heterocycles. The van der Waals surface area contributed by atoms with E-state index in [4.69, 9.17) is 4.74 Å². The number of benzene rings is 1. The maximum atomic E-state index is 12.9. The smallest absolute Gasteiger partial charge is 0.312 e. The first-order chi connectivity index (χ1) is 8.51. The first-order valence-corrected chi connectivity index (χ1v) is 7.32. The molecule has 0 spiro atoms. The summed E-state index contributed by atoms with van der Waals surface area (Å²) in [5.74, 6) is 0.230. The van der Waals surface area contributed by atoms with Crippen molar-refractivity contribution in [2.75, 3.05) is 18.6 Å². The molecule has 1 aromatic rings. The van der Waals surface area contributed by atoms with Crippen LogP contribution in [0.3, 0.4) is 0 Å². The third-order valence-electron chi connectivity index (χ3n) is 2.74. The minimum absolute atomic E-state index is 0.191. The maximum Gasteiger partial charge on any atom is 0.312 e. The molecule has 1 rings (SSSR count). The van der Waals surface area contributed by atoms with Gasteiger partial charge in [0.2, 0.25) is 0 Å². The van der Waals surface area contributed by atoms with Gasteiger partial charge in [0.1, 0.15) is 5.82 Å². The Hall–Kier alpha value is -1.03. The third kappa shape index (κ3) is 4.02. The summed E-state index contributed by atoms with van der Waals surface area (Å²) in [5, 5.41) is 0. The Morgan fingerprint density at radius 2 is 2.00 bits per heavy atom. The fourth-order valence-electron chi connectivity index (χ4n) is 1.86. The molecule has 0 bridgehead atoms. The highest BCUT2D eigenvalue weighted by Gasteiger charge is 2.34. The van der Waals surface area contributed by atoms with E-state index in [1.165, 1.54) is 12.1 Å². The van der Waals surface area contributed by atoms with Crippen LogP contribution in [0.15, 0.2) is 24.3 Å². The van der Waals surface area contributed by atoms with Crippen molar-refractivity contribution in [3.63, 3.8) is 0 Å². The fourth-order valence-corrected chi connectivity index (χ4v) is 2.72. The number of ether oxygens (including phenoxy) is 1. The molecule has 0 aliphatic carbocycles. The lowest BCUT2D eigenvalue weighted by atomic mass is 9.85. The highest BCUT2D eigenvalue weighted by molar-refractivity contribution is 7.98. The van der Waals surface area contributed by atoms with Crippen molar-refractivity contribution in [1.82, 2.24) is 0 Å². The maximum absolute atomic E-state index is 12.9. The summed E-state index contributed by atoms with van der Waals surface area (Å²) in [6.45, 7) is 4.08. The van der Waals surface area contributed by atoms with Gasteiger partial charge in [-0.15, -0.1) is 0 Å². The summed E-state index contributed by atoms with van der Waals surface area (Å²) in [4.78, 5) is 12.0. The lowest BCUT2D eigenvalue weighted by Crippen LogP contribution is -2.34. The minimum Gasteiger partial charge on any atom is -0.466 e. The van der Waals surface area contributed by atoms with E-state index < -0.39 is 5.41 Å². The molecular weight excluding hydrogens is 251 g/mol. The summed E-state index contributed by atoms with van der Waals surface area (Å²) in [6.07, 6.45) is 2.52. The van der Waals surface area contributed by atoms with E-state index in [1.54, 1.807) is 30.8 Å². The zero-order chi connectivity index (χ0) is 13.6. The van der Waals surface area contributed by atoms with Gasteiger partial charge in [0.15, 0.2) is 0 Å². The summed E-state index contributed by atoms with van der Waals surface area (Å²) in [5.41, 5.74) is 0.383. The topological polar surface area (TPSA) is 26.3 Å². The first kappa shape index (κ1) is 15.0. The number of thioether (sulfide) groups is 1. The van der Waals surface area contributed by atoms with Crippen LogP contribution in [0.4, 0.5) is 4.39 Å². The molecule has 1 unspecified atom stereocenters. The van der Waals surface area contributed by atoms with Crippen LogP contribution in [-0.4, -0.2) is 24.6 Å². The molecule has 0 saturated carbocycles. The summed E-state index contributed by atoms with van der Waals surface area (Å²) < 4.78 is 18.0. The van der Waals surface area contributed by atoms with Crippen LogP contribution < -0.4 is 0 Å². The number of carbonyl (C=O) groups excluding carboxylic acids is 1. The molecule has 0 N–H and O–H groups in total. The highest BCUT2D eigenvalue weighted by atomic mass is 32.2. The third-order valence-corrected chi connectivity index (χ3v) is 3.66. The molecule has 18 heavy (non-hydrogen) atoms. The standard InChI is InChI=1S/C14H19FO2S/c1-4-17-13(16)14(2,10-18-3)9-11-5-7-12(15)8-6-11/h5-8H,4,9-10H2,1-3H3. The van der Waals surface area contributed by atoms with Gasteiger partial charge in [0.05, 0.1) is 12.0 Å². The quantitative estimate of drug-likeness (QED) is 0.742. The lowest BCUT2D eigenvalue weighted by molar-refractivity contribution is -0.153. The van der Waals surface area contributed by atoms with Gasteiger partial charge >= 0.3 is 5.97 Å². The van der Waals surface area contributed by atoms with Crippen LogP contribution >= 0.6 is 11.8 Å². The molecule has 1 atom stereocenters. The van der Waals surface area contributed by atoms with Gasteiger partial charge < -0.3 is 4.74 Å². The van der Waals surface area contributed by atoms with Gasteiger partial charge in [-0.3, -0.25) is 4.79 Å². The predicted octanol–water partition coefficient (Wildman–Crippen LogP) is 3.30. The molecule has 4 heteroatoms. The van der Waals surface area contributed by atoms with Crippen molar-refractivity contribution in [2.24, 2.45) is 5.41 Å². The molecule has 0 amide bonds. The Morgan fingerprint density at radius 3 is 2.50 bits per heavy atom. The van der Waals surface area contributed by atoms with Crippen molar-refractivity contribution >= 4 is 17.7 Å². The van der Waals surface area contributed by atoms with E-state index >= 15 is 0 Å². The van der Waals surface area contributed by atoms with Crippen LogP contribution in [0.1, 0.15) is 19.4 Å². The molecule has 0 aliphatic heterocycles. The van der Waals surface area contributed by atoms with Crippen molar-refractivity contribution in [3.8, 4) is 0 Å². The zero-order valence-corrected chi connectivity index (χ0v) is 11.8. The number of hydrogen-bond acceptors (Lipinski definition) is 3. The van der Waals surface area contributed by atoms with Crippen LogP contribution in [0, 0.1) is 11.2 Å². The largest absolute Gasteiger partial charge is 0.466 e. The molecule has 2 nitrogen and oxygen atoms in total. The second-order valence-corrected chi connectivity index (χ2v) is 5.38. The van der Waals surface area contributed by atoms with Crippen LogP contribution in [0.5, 0.6) is 0 Å². The van der Waals surface area contributed by atoms with Gasteiger partial charge in [-0.05, 0) is 44.2 Å². The Balaban J connectivity index is 2.84. The van der Waals surface area contributed by atoms with Gasteiger partial charge in [0, 0.05) is 5.75 Å². The van der Waals surface area contributed by atoms with E-state index in [1.807, 2.05) is 13.2 Å². The summed E-state index contributed by atoms with van der Waals surface area (Å²) in [7, 11) is 0. The number of carbonyl (C=O) groups is 1. The predicted molar refractivity (Wildman–Crippen MR) is 73.2 cm³/mol. The average Bonchev–Trinajstić information content (AvgIpc) is 2.33. The highest BCUT2D eigenvalue weighted by Crippen LogP contribution is 2.28. The second-order valence-electron chi connectivity index (χ2n) is 4.52. The van der Waals surface area contributed by atoms with E-state index in [9.17, 15) is 9.18 Å². The van der Waals surface area contributed by atoms with Crippen molar-refractivity contribution in [2.45, 2.75) is 20.3 Å². The Bertz CT molecular complexity index is 391. The number of rotatable bonds is 6. The van der Waals surface area contributed by atoms with E-state index in [-0.39, 0.29) is 11.8 Å². The number of hydrogen-bond donors (Lipinski definition) is 0. The monoisotopic (exact) mass is 270 g/mol. The Kier molecular flexibility index (Phi) is 5.66. The molecular formula is C14H19FO2S. The molecule has 0 aliphatic rings. The number of esters is 1. The van der Waals surface area contributed by atoms with Crippen LogP contribution in [-0.2, 0) is 16.0 Å². The van der Waals surface area contributed by atoms with Crippen molar-refractivity contribution < 1.29 is 13.9 Å². The lowest BCUT2D eigenvalue weighted by Gasteiger charge is -2.26. The Labute approximate surface area is 112 Å². The molecule has 100 valence electrons. The summed E-state index contributed by atoms with van der Waals surface area (Å²) >= 11 is 1.61. The minimum atomic E-state index is -0.562. The van der Waals surface area contributed by atoms with Gasteiger partial charge in [-0.1, -0.05) is 12.1 Å². The second kappa shape index (κ2) is 6.78. The molecule has 0 aromatic heterocycles. The molecule has 0 radical (unpaired) electrons. The zero-order valence-electron chi connectivity index (χ0n) is 11.0. The molecule has 0 saturated heterocycles. The summed E-state index contributed by atoms with van der Waals surface area (Å²) in [6, 6.07) is 6.26. The SMILES string of the molecule is CCOC(=O)C(C)(CSC)Cc1ccc(F)cc1. The van der Waals surface area contributed by atoms with E-state index in [2.05, 4.69) is 0 Å². The van der Waals surface area contributed by atoms with Gasteiger partial charge in [0.25, 0.3) is 0 Å². The molecule has 1 aromatic carbocycles. The van der Waals surface area contributed by atoms with Gasteiger partial charge in [-0.25, -0.2) is 4.39 Å².